The number of unbranched alkanes of at least 4 members (excludes halogenated alkanes) is 1. The standard InChI is InChI=1S/C14H18O5/c1-2-3-4-5-6-7-8-9-13(17)19-14(18)11-10-12(15)16/h2-3,5-6,10-11H,4,7-9H2,1H3,(H,15,16)/b3-2-,6-5-,11-10+. The highest BCUT2D eigenvalue weighted by Gasteiger charge is 2.07. The molecule has 0 amide bonds. The highest BCUT2D eigenvalue weighted by Crippen LogP contribution is 2.00. The van der Waals surface area contributed by atoms with Crippen LogP contribution in [0.1, 0.15) is 32.6 Å². The summed E-state index contributed by atoms with van der Waals surface area (Å²) >= 11 is 0. The van der Waals surface area contributed by atoms with E-state index in [0.717, 1.165) is 12.8 Å². The van der Waals surface area contributed by atoms with E-state index < -0.39 is 17.9 Å². The minimum Gasteiger partial charge on any atom is -0.478 e. The van der Waals surface area contributed by atoms with Crippen LogP contribution in [0.25, 0.3) is 0 Å². The molecule has 0 atom stereocenters. The Morgan fingerprint density at radius 1 is 1.11 bits per heavy atom. The van der Waals surface area contributed by atoms with Crippen molar-refractivity contribution in [3.05, 3.63) is 36.5 Å². The molecule has 0 aromatic heterocycles. The number of carboxylic acids is 1. The van der Waals surface area contributed by atoms with Crippen LogP contribution in [0.4, 0.5) is 0 Å². The van der Waals surface area contributed by atoms with Crippen LogP contribution in [0, 0.1) is 0 Å². The summed E-state index contributed by atoms with van der Waals surface area (Å²) in [5.41, 5.74) is 0. The van der Waals surface area contributed by atoms with Crippen LogP contribution in [0.15, 0.2) is 36.5 Å². The van der Waals surface area contributed by atoms with E-state index in [1.54, 1.807) is 0 Å². The number of hydrogen-bond acceptors (Lipinski definition) is 4. The Morgan fingerprint density at radius 3 is 2.47 bits per heavy atom. The van der Waals surface area contributed by atoms with Crippen LogP contribution in [-0.2, 0) is 19.1 Å². The van der Waals surface area contributed by atoms with E-state index in [1.165, 1.54) is 0 Å². The fraction of sp³-hybridized carbons (Fsp3) is 0.357. The van der Waals surface area contributed by atoms with Gasteiger partial charge in [0, 0.05) is 18.6 Å². The molecule has 5 heteroatoms. The van der Waals surface area contributed by atoms with E-state index in [9.17, 15) is 14.4 Å². The van der Waals surface area contributed by atoms with Gasteiger partial charge in [-0.2, -0.15) is 0 Å². The fourth-order valence-electron chi connectivity index (χ4n) is 1.13. The molecule has 0 bridgehead atoms. The van der Waals surface area contributed by atoms with Gasteiger partial charge in [-0.3, -0.25) is 4.79 Å². The maximum atomic E-state index is 11.2. The third-order valence-electron chi connectivity index (χ3n) is 2.00. The minimum atomic E-state index is -1.27. The Hall–Kier alpha value is -2.17. The zero-order valence-corrected chi connectivity index (χ0v) is 10.9. The van der Waals surface area contributed by atoms with Crippen molar-refractivity contribution in [3.63, 3.8) is 0 Å². The largest absolute Gasteiger partial charge is 0.478 e. The first kappa shape index (κ1) is 16.8. The molecule has 0 aliphatic heterocycles. The number of carboxylic acid groups (broad SMARTS) is 1. The number of rotatable bonds is 8. The van der Waals surface area contributed by atoms with Gasteiger partial charge in [0.25, 0.3) is 0 Å². The van der Waals surface area contributed by atoms with Crippen LogP contribution in [0.5, 0.6) is 0 Å². The summed E-state index contributed by atoms with van der Waals surface area (Å²) in [5.74, 6) is -2.88. The number of ether oxygens (including phenoxy) is 1. The Morgan fingerprint density at radius 2 is 1.84 bits per heavy atom. The molecule has 0 aromatic rings. The zero-order chi connectivity index (χ0) is 14.5. The Bertz CT molecular complexity index is 391. The molecule has 0 rings (SSSR count). The molecular formula is C14H18O5. The maximum absolute atomic E-state index is 11.2. The van der Waals surface area contributed by atoms with Gasteiger partial charge in [0.05, 0.1) is 0 Å². The summed E-state index contributed by atoms with van der Waals surface area (Å²) in [7, 11) is 0. The van der Waals surface area contributed by atoms with Gasteiger partial charge in [0.2, 0.25) is 0 Å². The van der Waals surface area contributed by atoms with Crippen LogP contribution < -0.4 is 0 Å². The topological polar surface area (TPSA) is 80.7 Å². The van der Waals surface area contributed by atoms with Gasteiger partial charge in [-0.15, -0.1) is 0 Å². The molecular weight excluding hydrogens is 248 g/mol. The van der Waals surface area contributed by atoms with Gasteiger partial charge in [-0.1, -0.05) is 24.3 Å². The summed E-state index contributed by atoms with van der Waals surface area (Å²) in [4.78, 5) is 32.2. The number of carbonyl (C=O) groups excluding carboxylic acids is 2. The van der Waals surface area contributed by atoms with Crippen molar-refractivity contribution in [2.24, 2.45) is 0 Å². The molecule has 104 valence electrons. The lowest BCUT2D eigenvalue weighted by Gasteiger charge is -1.98. The van der Waals surface area contributed by atoms with E-state index in [1.807, 2.05) is 31.2 Å². The smallest absolute Gasteiger partial charge is 0.338 e. The third kappa shape index (κ3) is 12.1. The lowest BCUT2D eigenvalue weighted by molar-refractivity contribution is -0.156. The average molecular weight is 266 g/mol. The molecule has 0 heterocycles. The number of aliphatic carboxylic acids is 1. The summed E-state index contributed by atoms with van der Waals surface area (Å²) < 4.78 is 4.38. The van der Waals surface area contributed by atoms with E-state index in [-0.39, 0.29) is 6.42 Å². The second-order valence-electron chi connectivity index (χ2n) is 3.63. The molecule has 19 heavy (non-hydrogen) atoms. The van der Waals surface area contributed by atoms with Gasteiger partial charge < -0.3 is 9.84 Å². The third-order valence-corrected chi connectivity index (χ3v) is 2.00. The molecule has 0 fully saturated rings. The van der Waals surface area contributed by atoms with E-state index in [4.69, 9.17) is 5.11 Å². The summed E-state index contributed by atoms with van der Waals surface area (Å²) in [5, 5.41) is 8.27. The van der Waals surface area contributed by atoms with Crippen molar-refractivity contribution in [2.45, 2.75) is 32.6 Å². The molecule has 0 unspecified atom stereocenters. The molecule has 0 aliphatic rings. The van der Waals surface area contributed by atoms with Crippen molar-refractivity contribution >= 4 is 17.9 Å². The fourth-order valence-corrected chi connectivity index (χ4v) is 1.13. The predicted molar refractivity (Wildman–Crippen MR) is 70.3 cm³/mol. The van der Waals surface area contributed by atoms with Crippen LogP contribution in [-0.4, -0.2) is 23.0 Å². The van der Waals surface area contributed by atoms with Gasteiger partial charge in [-0.05, 0) is 26.2 Å². The van der Waals surface area contributed by atoms with Crippen LogP contribution in [0.3, 0.4) is 0 Å². The van der Waals surface area contributed by atoms with E-state index >= 15 is 0 Å². The average Bonchev–Trinajstić information content (AvgIpc) is 2.35. The first-order valence-electron chi connectivity index (χ1n) is 5.98. The van der Waals surface area contributed by atoms with Crippen LogP contribution >= 0.6 is 0 Å². The van der Waals surface area contributed by atoms with Crippen molar-refractivity contribution < 1.29 is 24.2 Å². The molecule has 0 spiro atoms. The highest BCUT2D eigenvalue weighted by atomic mass is 16.6. The monoisotopic (exact) mass is 266 g/mol. The second kappa shape index (κ2) is 11.0. The Labute approximate surface area is 112 Å². The van der Waals surface area contributed by atoms with Crippen molar-refractivity contribution in [2.75, 3.05) is 0 Å². The molecule has 1 N–H and O–H groups in total. The Balaban J connectivity index is 3.73. The minimum absolute atomic E-state index is 0.126. The molecule has 0 saturated heterocycles. The number of carbonyl (C=O) groups is 3. The summed E-state index contributed by atoms with van der Waals surface area (Å²) in [6.07, 6.45) is 11.5. The van der Waals surface area contributed by atoms with Crippen LogP contribution in [0.2, 0.25) is 0 Å². The van der Waals surface area contributed by atoms with E-state index in [0.29, 0.717) is 18.6 Å². The molecule has 0 saturated carbocycles. The summed E-state index contributed by atoms with van der Waals surface area (Å²) in [6.45, 7) is 1.94. The quantitative estimate of drug-likeness (QED) is 0.240. The molecule has 0 aliphatic carbocycles. The molecule has 0 radical (unpaired) electrons. The lowest BCUT2D eigenvalue weighted by Crippen LogP contribution is -2.10. The first-order valence-corrected chi connectivity index (χ1v) is 5.98. The van der Waals surface area contributed by atoms with E-state index in [2.05, 4.69) is 4.74 Å². The summed E-state index contributed by atoms with van der Waals surface area (Å²) in [6, 6.07) is 0. The lowest BCUT2D eigenvalue weighted by atomic mass is 10.2. The molecule has 5 nitrogen and oxygen atoms in total. The SMILES string of the molecule is C/C=C\C/C=C\CCCC(=O)OC(=O)/C=C/C(=O)O. The predicted octanol–water partition coefficient (Wildman–Crippen LogP) is 2.39. The van der Waals surface area contributed by atoms with Gasteiger partial charge >= 0.3 is 17.9 Å². The normalized spacial score (nSPS) is 11.4. The van der Waals surface area contributed by atoms with Gasteiger partial charge in [0.1, 0.15) is 0 Å². The number of allylic oxidation sites excluding steroid dienone is 4. The number of hydrogen-bond donors (Lipinski definition) is 1. The van der Waals surface area contributed by atoms with Gasteiger partial charge in [-0.25, -0.2) is 9.59 Å². The first-order chi connectivity index (χ1) is 9.06. The Kier molecular flexibility index (Phi) is 9.70. The van der Waals surface area contributed by atoms with Gasteiger partial charge in [0.15, 0.2) is 0 Å². The van der Waals surface area contributed by atoms with Crippen molar-refractivity contribution in [1.82, 2.24) is 0 Å². The highest BCUT2D eigenvalue weighted by molar-refractivity contribution is 5.95. The zero-order valence-electron chi connectivity index (χ0n) is 10.9. The molecule has 0 aromatic carbocycles. The van der Waals surface area contributed by atoms with Crippen molar-refractivity contribution in [1.29, 1.82) is 0 Å². The maximum Gasteiger partial charge on any atom is 0.338 e. The van der Waals surface area contributed by atoms with Crippen molar-refractivity contribution in [3.8, 4) is 0 Å². The second-order valence-corrected chi connectivity index (χ2v) is 3.63. The number of esters is 2.